The van der Waals surface area contributed by atoms with Crippen LogP contribution < -0.4 is 15.4 Å². The number of thiophene rings is 1. The van der Waals surface area contributed by atoms with Gasteiger partial charge >= 0.3 is 6.03 Å². The minimum atomic E-state index is -0.153. The third-order valence-electron chi connectivity index (χ3n) is 6.39. The lowest BCUT2D eigenvalue weighted by atomic mass is 9.96. The number of carbonyl (C=O) groups is 2. The Balaban J connectivity index is 1.36. The fourth-order valence-electron chi connectivity index (χ4n) is 4.50. The number of para-hydroxylation sites is 1. The maximum Gasteiger partial charge on any atom is 0.317 e. The number of nitriles is 1. The number of nitrogens with zero attached hydrogens (tertiary/aromatic N) is 3. The second kappa shape index (κ2) is 12.4. The molecule has 8 nitrogen and oxygen atoms in total. The van der Waals surface area contributed by atoms with E-state index in [0.717, 1.165) is 33.7 Å². The van der Waals surface area contributed by atoms with E-state index in [1.807, 2.05) is 50.2 Å². The number of hydrogen-bond donors (Lipinski definition) is 2. The number of amides is 3. The van der Waals surface area contributed by atoms with Gasteiger partial charge in [-0.05, 0) is 60.6 Å². The number of nitrogens with one attached hydrogen (secondary N) is 2. The number of ether oxygens (including phenoxy) is 1. The van der Waals surface area contributed by atoms with Gasteiger partial charge in [0, 0.05) is 36.8 Å². The van der Waals surface area contributed by atoms with Crippen LogP contribution in [0.1, 0.15) is 53.3 Å². The Bertz CT molecular complexity index is 1280. The van der Waals surface area contributed by atoms with Crippen molar-refractivity contribution in [1.29, 1.82) is 5.26 Å². The summed E-state index contributed by atoms with van der Waals surface area (Å²) in [4.78, 5) is 32.4. The molecule has 2 N–H and O–H groups in total. The van der Waals surface area contributed by atoms with Gasteiger partial charge in [-0.15, -0.1) is 11.3 Å². The van der Waals surface area contributed by atoms with Gasteiger partial charge in [0.1, 0.15) is 16.8 Å². The molecule has 192 valence electrons. The molecule has 0 fully saturated rings. The molecule has 0 bridgehead atoms. The summed E-state index contributed by atoms with van der Waals surface area (Å²) in [5.41, 5.74) is 3.53. The van der Waals surface area contributed by atoms with Gasteiger partial charge in [-0.3, -0.25) is 9.78 Å². The summed E-state index contributed by atoms with van der Waals surface area (Å²) in [5.74, 6) is 0.586. The van der Waals surface area contributed by atoms with E-state index in [1.54, 1.807) is 17.3 Å². The molecule has 1 aliphatic heterocycles. The topological polar surface area (TPSA) is 107 Å². The minimum Gasteiger partial charge on any atom is -0.494 e. The lowest BCUT2D eigenvalue weighted by Gasteiger charge is -2.27. The van der Waals surface area contributed by atoms with Crippen molar-refractivity contribution in [3.63, 3.8) is 0 Å². The zero-order chi connectivity index (χ0) is 26.2. The molecule has 1 atom stereocenters. The van der Waals surface area contributed by atoms with Crippen molar-refractivity contribution in [3.05, 3.63) is 75.9 Å². The molecule has 3 aromatic rings. The first-order valence-corrected chi connectivity index (χ1v) is 13.3. The van der Waals surface area contributed by atoms with Crippen LogP contribution in [0.3, 0.4) is 0 Å². The standard InChI is InChI=1S/C28H31N5O3S/c1-3-36-24-7-5-4-6-21(24)19(2)16-26(34)32-27-23(17-29)22-11-15-33(18-25(22)37-27)28(35)31-14-10-20-8-12-30-13-9-20/h4-9,12-13,19H,3,10-11,14-16,18H2,1-2H3,(H,31,35)(H,32,34). The first-order chi connectivity index (χ1) is 18.0. The monoisotopic (exact) mass is 517 g/mol. The Labute approximate surface area is 221 Å². The van der Waals surface area contributed by atoms with Crippen molar-refractivity contribution < 1.29 is 14.3 Å². The van der Waals surface area contributed by atoms with Gasteiger partial charge in [-0.25, -0.2) is 4.79 Å². The number of hydrogen-bond acceptors (Lipinski definition) is 6. The Kier molecular flexibility index (Phi) is 8.75. The largest absolute Gasteiger partial charge is 0.494 e. The molecule has 3 heterocycles. The quantitative estimate of drug-likeness (QED) is 0.422. The summed E-state index contributed by atoms with van der Waals surface area (Å²) in [6.45, 7) is 5.96. The van der Waals surface area contributed by atoms with Crippen LogP contribution >= 0.6 is 11.3 Å². The number of pyridine rings is 1. The van der Waals surface area contributed by atoms with Gasteiger partial charge in [-0.2, -0.15) is 5.26 Å². The van der Waals surface area contributed by atoms with Crippen LogP contribution in [0.25, 0.3) is 0 Å². The average molecular weight is 518 g/mol. The molecule has 0 saturated heterocycles. The van der Waals surface area contributed by atoms with E-state index in [4.69, 9.17) is 4.74 Å². The lowest BCUT2D eigenvalue weighted by molar-refractivity contribution is -0.116. The lowest BCUT2D eigenvalue weighted by Crippen LogP contribution is -2.43. The number of urea groups is 1. The molecule has 4 rings (SSSR count). The fraction of sp³-hybridized carbons (Fsp3) is 0.357. The normalized spacial score (nSPS) is 13.3. The molecule has 0 spiro atoms. The number of benzene rings is 1. The minimum absolute atomic E-state index is 0.0470. The Morgan fingerprint density at radius 1 is 1.24 bits per heavy atom. The molecule has 0 radical (unpaired) electrons. The van der Waals surface area contributed by atoms with E-state index in [1.165, 1.54) is 11.3 Å². The van der Waals surface area contributed by atoms with Gasteiger partial charge < -0.3 is 20.3 Å². The van der Waals surface area contributed by atoms with Crippen LogP contribution in [0.15, 0.2) is 48.8 Å². The smallest absolute Gasteiger partial charge is 0.317 e. The zero-order valence-electron chi connectivity index (χ0n) is 21.1. The predicted octanol–water partition coefficient (Wildman–Crippen LogP) is 4.86. The van der Waals surface area contributed by atoms with Crippen LogP contribution in [0.4, 0.5) is 9.80 Å². The molecular weight excluding hydrogens is 486 g/mol. The molecule has 37 heavy (non-hydrogen) atoms. The van der Waals surface area contributed by atoms with Gasteiger partial charge in [0.2, 0.25) is 5.91 Å². The van der Waals surface area contributed by atoms with E-state index in [0.29, 0.717) is 43.2 Å². The number of rotatable bonds is 9. The number of fused-ring (bicyclic) bond motifs is 1. The first kappa shape index (κ1) is 26.2. The molecular formula is C28H31N5O3S. The highest BCUT2D eigenvalue weighted by Crippen LogP contribution is 2.37. The maximum atomic E-state index is 12.9. The van der Waals surface area contributed by atoms with Crippen molar-refractivity contribution in [2.75, 3.05) is 25.0 Å². The van der Waals surface area contributed by atoms with Gasteiger partial charge in [0.25, 0.3) is 0 Å². The van der Waals surface area contributed by atoms with Crippen LogP contribution in [0.2, 0.25) is 0 Å². The fourth-order valence-corrected chi connectivity index (χ4v) is 5.73. The van der Waals surface area contributed by atoms with Crippen LogP contribution in [0, 0.1) is 11.3 Å². The number of aromatic nitrogens is 1. The first-order valence-electron chi connectivity index (χ1n) is 12.5. The number of anilines is 1. The summed E-state index contributed by atoms with van der Waals surface area (Å²) < 4.78 is 5.71. The van der Waals surface area contributed by atoms with Gasteiger partial charge in [-0.1, -0.05) is 25.1 Å². The summed E-state index contributed by atoms with van der Waals surface area (Å²) in [5, 5.41) is 16.3. The summed E-state index contributed by atoms with van der Waals surface area (Å²) >= 11 is 1.38. The SMILES string of the molecule is CCOc1ccccc1C(C)CC(=O)Nc1sc2c(c1C#N)CCN(C(=O)NCCc1ccncc1)C2. The summed E-state index contributed by atoms with van der Waals surface area (Å²) in [6, 6.07) is 13.8. The van der Waals surface area contributed by atoms with Crippen LogP contribution in [0.5, 0.6) is 5.75 Å². The van der Waals surface area contributed by atoms with Gasteiger partial charge in [0.05, 0.1) is 18.7 Å². The van der Waals surface area contributed by atoms with E-state index >= 15 is 0 Å². The molecule has 1 unspecified atom stereocenters. The third-order valence-corrected chi connectivity index (χ3v) is 7.52. The highest BCUT2D eigenvalue weighted by molar-refractivity contribution is 7.16. The highest BCUT2D eigenvalue weighted by atomic mass is 32.1. The summed E-state index contributed by atoms with van der Waals surface area (Å²) in [7, 11) is 0. The molecule has 2 aromatic heterocycles. The molecule has 0 saturated carbocycles. The second-order valence-electron chi connectivity index (χ2n) is 8.95. The third kappa shape index (κ3) is 6.46. The predicted molar refractivity (Wildman–Crippen MR) is 144 cm³/mol. The zero-order valence-corrected chi connectivity index (χ0v) is 21.9. The maximum absolute atomic E-state index is 12.9. The molecule has 9 heteroatoms. The van der Waals surface area contributed by atoms with Gasteiger partial charge in [0.15, 0.2) is 0 Å². The summed E-state index contributed by atoms with van der Waals surface area (Å²) in [6.07, 6.45) is 5.06. The van der Waals surface area contributed by atoms with E-state index in [-0.39, 0.29) is 24.3 Å². The second-order valence-corrected chi connectivity index (χ2v) is 10.1. The van der Waals surface area contributed by atoms with Crippen molar-refractivity contribution in [1.82, 2.24) is 15.2 Å². The van der Waals surface area contributed by atoms with E-state index < -0.39 is 0 Å². The molecule has 1 aliphatic rings. The van der Waals surface area contributed by atoms with Crippen LogP contribution in [-0.4, -0.2) is 41.5 Å². The molecule has 1 aromatic carbocycles. The highest BCUT2D eigenvalue weighted by Gasteiger charge is 2.28. The Morgan fingerprint density at radius 2 is 2.03 bits per heavy atom. The van der Waals surface area contributed by atoms with Crippen molar-refractivity contribution in [2.45, 2.75) is 45.6 Å². The van der Waals surface area contributed by atoms with Crippen molar-refractivity contribution >= 4 is 28.3 Å². The van der Waals surface area contributed by atoms with E-state index in [2.05, 4.69) is 21.7 Å². The molecule has 0 aliphatic carbocycles. The Hall–Kier alpha value is -3.90. The molecule has 3 amide bonds. The number of carbonyl (C=O) groups excluding carboxylic acids is 2. The van der Waals surface area contributed by atoms with Crippen LogP contribution in [-0.2, 0) is 24.2 Å². The Morgan fingerprint density at radius 3 is 2.78 bits per heavy atom. The average Bonchev–Trinajstić information content (AvgIpc) is 3.25. The van der Waals surface area contributed by atoms with Crippen molar-refractivity contribution in [2.24, 2.45) is 0 Å². The van der Waals surface area contributed by atoms with E-state index in [9.17, 15) is 14.9 Å². The van der Waals surface area contributed by atoms with Crippen molar-refractivity contribution in [3.8, 4) is 11.8 Å².